The first-order chi connectivity index (χ1) is 10.9. The molecule has 0 aromatic rings. The largest absolute Gasteiger partial charge is 0.458 e. The normalized spacial score (nSPS) is 47.7. The number of hydrogen-bond donors (Lipinski definition) is 0. The first-order valence-corrected chi connectivity index (χ1v) is 10.1. The second-order valence-electron chi connectivity index (χ2n) is 9.77. The average Bonchev–Trinajstić information content (AvgIpc) is 3.20. The molecule has 0 saturated heterocycles. The highest BCUT2D eigenvalue weighted by Crippen LogP contribution is 2.67. The van der Waals surface area contributed by atoms with E-state index in [4.69, 9.17) is 4.74 Å². The van der Waals surface area contributed by atoms with Gasteiger partial charge < -0.3 is 4.74 Å². The molecule has 0 aromatic carbocycles. The Balaban J connectivity index is 1.57. The molecule has 23 heavy (non-hydrogen) atoms. The van der Waals surface area contributed by atoms with E-state index < -0.39 is 0 Å². The summed E-state index contributed by atoms with van der Waals surface area (Å²) in [6.45, 7) is 8.42. The lowest BCUT2D eigenvalue weighted by molar-refractivity contribution is -0.183. The number of esters is 1. The highest BCUT2D eigenvalue weighted by molar-refractivity contribution is 5.76. The van der Waals surface area contributed by atoms with Crippen LogP contribution in [0.5, 0.6) is 0 Å². The summed E-state index contributed by atoms with van der Waals surface area (Å²) >= 11 is 0. The third-order valence-electron chi connectivity index (χ3n) is 8.46. The lowest BCUT2D eigenvalue weighted by Gasteiger charge is -2.48. The van der Waals surface area contributed by atoms with Crippen LogP contribution in [0.3, 0.4) is 0 Å². The fraction of sp³-hybridized carbons (Fsp3) is 0.952. The lowest BCUT2D eigenvalue weighted by atomic mass is 9.61. The van der Waals surface area contributed by atoms with E-state index in [1.807, 2.05) is 13.8 Å². The molecule has 0 aromatic heterocycles. The van der Waals surface area contributed by atoms with Crippen LogP contribution in [-0.2, 0) is 9.53 Å². The maximum absolute atomic E-state index is 12.8. The Hall–Kier alpha value is -0.530. The van der Waals surface area contributed by atoms with Gasteiger partial charge >= 0.3 is 5.97 Å². The van der Waals surface area contributed by atoms with Crippen molar-refractivity contribution in [3.8, 4) is 0 Å². The van der Waals surface area contributed by atoms with Crippen LogP contribution in [-0.4, -0.2) is 11.6 Å². The molecule has 0 amide bonds. The number of fused-ring (bicyclic) bond motifs is 8. The summed E-state index contributed by atoms with van der Waals surface area (Å²) in [6.07, 6.45) is 10.3. The smallest absolute Gasteiger partial charge is 0.312 e. The molecule has 0 radical (unpaired) electrons. The van der Waals surface area contributed by atoms with Crippen molar-refractivity contribution < 1.29 is 9.53 Å². The van der Waals surface area contributed by atoms with Gasteiger partial charge in [-0.15, -0.1) is 0 Å². The summed E-state index contributed by atoms with van der Waals surface area (Å²) in [6, 6.07) is 0. The van der Waals surface area contributed by atoms with Crippen LogP contribution in [0.2, 0.25) is 0 Å². The summed E-state index contributed by atoms with van der Waals surface area (Å²) in [5.41, 5.74) is -0.471. The molecule has 4 fully saturated rings. The van der Waals surface area contributed by atoms with E-state index in [-0.39, 0.29) is 17.0 Å². The third kappa shape index (κ3) is 2.23. The Morgan fingerprint density at radius 1 is 1.13 bits per heavy atom. The molecule has 4 rings (SSSR count). The Labute approximate surface area is 141 Å². The van der Waals surface area contributed by atoms with Gasteiger partial charge in [0.2, 0.25) is 0 Å². The molecule has 7 unspecified atom stereocenters. The summed E-state index contributed by atoms with van der Waals surface area (Å²) < 4.78 is 6.34. The van der Waals surface area contributed by atoms with Crippen LogP contribution in [0, 0.1) is 40.9 Å². The number of carbonyl (C=O) groups is 1. The Bertz CT molecular complexity index is 496. The first-order valence-electron chi connectivity index (χ1n) is 10.1. The zero-order valence-corrected chi connectivity index (χ0v) is 15.4. The van der Waals surface area contributed by atoms with Crippen molar-refractivity contribution in [2.24, 2.45) is 40.9 Å². The van der Waals surface area contributed by atoms with E-state index in [1.54, 1.807) is 0 Å². The molecule has 4 bridgehead atoms. The van der Waals surface area contributed by atoms with Crippen molar-refractivity contribution in [3.05, 3.63) is 0 Å². The van der Waals surface area contributed by atoms with Crippen LogP contribution in [0.1, 0.15) is 79.1 Å². The number of rotatable bonds is 4. The number of ether oxygens (including phenoxy) is 1. The summed E-state index contributed by atoms with van der Waals surface area (Å²) in [5.74, 6) is 5.36. The lowest BCUT2D eigenvalue weighted by Crippen LogP contribution is -2.49. The van der Waals surface area contributed by atoms with Gasteiger partial charge in [-0.05, 0) is 88.4 Å². The minimum absolute atomic E-state index is 0.0460. The maximum Gasteiger partial charge on any atom is 0.312 e. The predicted molar refractivity (Wildman–Crippen MR) is 91.8 cm³/mol. The standard InChI is InChI=1S/C21H34O2/c1-5-20(3,4)19(22)23-21(6-2)12-15-11-17(21)16-10-13-7-8-14(9-13)18(15)16/h13-18H,5-12H2,1-4H3. The Kier molecular flexibility index (Phi) is 3.63. The van der Waals surface area contributed by atoms with Gasteiger partial charge in [-0.25, -0.2) is 0 Å². The van der Waals surface area contributed by atoms with Gasteiger partial charge in [0, 0.05) is 5.92 Å². The molecule has 4 aliphatic carbocycles. The molecule has 130 valence electrons. The van der Waals surface area contributed by atoms with Crippen molar-refractivity contribution in [2.75, 3.05) is 0 Å². The molecular weight excluding hydrogens is 284 g/mol. The van der Waals surface area contributed by atoms with Crippen molar-refractivity contribution in [3.63, 3.8) is 0 Å². The van der Waals surface area contributed by atoms with E-state index in [2.05, 4.69) is 13.8 Å². The molecule has 0 spiro atoms. The molecule has 7 atom stereocenters. The number of hydrogen-bond acceptors (Lipinski definition) is 2. The fourth-order valence-electron chi connectivity index (χ4n) is 6.88. The zero-order valence-electron chi connectivity index (χ0n) is 15.4. The summed E-state index contributed by atoms with van der Waals surface area (Å²) in [7, 11) is 0. The topological polar surface area (TPSA) is 26.3 Å². The van der Waals surface area contributed by atoms with Gasteiger partial charge in [-0.1, -0.05) is 20.3 Å². The van der Waals surface area contributed by atoms with E-state index in [1.165, 1.54) is 32.1 Å². The van der Waals surface area contributed by atoms with Gasteiger partial charge in [-0.2, -0.15) is 0 Å². The molecular formula is C21H34O2. The predicted octanol–water partition coefficient (Wildman–Crippen LogP) is 5.21. The van der Waals surface area contributed by atoms with Crippen molar-refractivity contribution in [1.82, 2.24) is 0 Å². The fourth-order valence-corrected chi connectivity index (χ4v) is 6.88. The van der Waals surface area contributed by atoms with Gasteiger partial charge in [-0.3, -0.25) is 4.79 Å². The van der Waals surface area contributed by atoms with Gasteiger partial charge in [0.1, 0.15) is 5.60 Å². The quantitative estimate of drug-likeness (QED) is 0.665. The van der Waals surface area contributed by atoms with Gasteiger partial charge in [0.15, 0.2) is 0 Å². The second kappa shape index (κ2) is 5.23. The van der Waals surface area contributed by atoms with E-state index in [0.29, 0.717) is 5.92 Å². The van der Waals surface area contributed by atoms with E-state index in [9.17, 15) is 4.79 Å². The Morgan fingerprint density at radius 2 is 1.91 bits per heavy atom. The number of carbonyl (C=O) groups excluding carboxylic acids is 1. The minimum Gasteiger partial charge on any atom is -0.458 e. The summed E-state index contributed by atoms with van der Waals surface area (Å²) in [4.78, 5) is 12.8. The SMILES string of the molecule is CCC(C)(C)C(=O)OC1(CC)CC2CC1C1CC3CCC(C3)C21. The third-order valence-corrected chi connectivity index (χ3v) is 8.46. The molecule has 0 N–H and O–H groups in total. The van der Waals surface area contributed by atoms with Crippen LogP contribution < -0.4 is 0 Å². The Morgan fingerprint density at radius 3 is 2.61 bits per heavy atom. The molecule has 0 aliphatic heterocycles. The van der Waals surface area contributed by atoms with E-state index in [0.717, 1.165) is 48.9 Å². The first kappa shape index (κ1) is 16.0. The average molecular weight is 319 g/mol. The van der Waals surface area contributed by atoms with Crippen molar-refractivity contribution in [2.45, 2.75) is 84.7 Å². The molecule has 0 heterocycles. The molecule has 2 nitrogen and oxygen atoms in total. The highest BCUT2D eigenvalue weighted by Gasteiger charge is 2.64. The molecule has 4 aliphatic rings. The van der Waals surface area contributed by atoms with Crippen molar-refractivity contribution >= 4 is 5.97 Å². The van der Waals surface area contributed by atoms with Gasteiger partial charge in [0.25, 0.3) is 0 Å². The van der Waals surface area contributed by atoms with Crippen LogP contribution in [0.25, 0.3) is 0 Å². The van der Waals surface area contributed by atoms with Crippen molar-refractivity contribution in [1.29, 1.82) is 0 Å². The minimum atomic E-state index is -0.338. The van der Waals surface area contributed by atoms with Crippen LogP contribution >= 0.6 is 0 Å². The molecule has 4 saturated carbocycles. The monoisotopic (exact) mass is 318 g/mol. The summed E-state index contributed by atoms with van der Waals surface area (Å²) in [5, 5.41) is 0. The van der Waals surface area contributed by atoms with Gasteiger partial charge in [0.05, 0.1) is 5.41 Å². The highest BCUT2D eigenvalue weighted by atomic mass is 16.6. The van der Waals surface area contributed by atoms with Crippen LogP contribution in [0.15, 0.2) is 0 Å². The molecule has 2 heteroatoms. The second-order valence-corrected chi connectivity index (χ2v) is 9.77. The van der Waals surface area contributed by atoms with E-state index >= 15 is 0 Å². The maximum atomic E-state index is 12.8. The van der Waals surface area contributed by atoms with Crippen LogP contribution in [0.4, 0.5) is 0 Å². The zero-order chi connectivity index (χ0) is 16.4.